The SMILES string of the molecule is C[C@@H](c1ccccc1)N1C(=O)c2ccc(C(=O)OCC(=O)NNC(=O)c3ccc(Cl)cc3)cc2C1=O. The smallest absolute Gasteiger partial charge is 0.338 e. The summed E-state index contributed by atoms with van der Waals surface area (Å²) in [4.78, 5) is 63.4. The van der Waals surface area contributed by atoms with Crippen LogP contribution in [0.5, 0.6) is 0 Å². The number of amides is 4. The lowest BCUT2D eigenvalue weighted by molar-refractivity contribution is -0.125. The van der Waals surface area contributed by atoms with E-state index in [4.69, 9.17) is 16.3 Å². The van der Waals surface area contributed by atoms with Crippen LogP contribution in [0.25, 0.3) is 0 Å². The first-order valence-corrected chi connectivity index (χ1v) is 11.2. The van der Waals surface area contributed by atoms with Crippen LogP contribution in [0.15, 0.2) is 72.8 Å². The van der Waals surface area contributed by atoms with Gasteiger partial charge in [-0.25, -0.2) is 4.79 Å². The quantitative estimate of drug-likeness (QED) is 0.301. The number of nitrogens with zero attached hydrogens (tertiary/aromatic N) is 1. The largest absolute Gasteiger partial charge is 0.452 e. The Morgan fingerprint density at radius 3 is 2.19 bits per heavy atom. The second-order valence-corrected chi connectivity index (χ2v) is 8.35. The van der Waals surface area contributed by atoms with Crippen molar-refractivity contribution in [3.63, 3.8) is 0 Å². The van der Waals surface area contributed by atoms with E-state index in [1.807, 2.05) is 30.3 Å². The number of halogens is 1. The minimum atomic E-state index is -0.869. The number of benzene rings is 3. The molecule has 10 heteroatoms. The molecule has 0 spiro atoms. The van der Waals surface area contributed by atoms with Crippen molar-refractivity contribution in [1.29, 1.82) is 0 Å². The van der Waals surface area contributed by atoms with Gasteiger partial charge in [-0.2, -0.15) is 0 Å². The molecule has 182 valence electrons. The summed E-state index contributed by atoms with van der Waals surface area (Å²) in [5, 5.41) is 0.457. The average molecular weight is 506 g/mol. The molecule has 3 aromatic rings. The third kappa shape index (κ3) is 5.11. The molecule has 36 heavy (non-hydrogen) atoms. The number of ether oxygens (including phenoxy) is 1. The Kier molecular flexibility index (Phi) is 7.12. The van der Waals surface area contributed by atoms with Crippen molar-refractivity contribution in [1.82, 2.24) is 15.8 Å². The van der Waals surface area contributed by atoms with Crippen LogP contribution in [0.1, 0.15) is 60.0 Å². The highest BCUT2D eigenvalue weighted by molar-refractivity contribution is 6.30. The number of fused-ring (bicyclic) bond motifs is 1. The van der Waals surface area contributed by atoms with Gasteiger partial charge in [0.1, 0.15) is 0 Å². The van der Waals surface area contributed by atoms with Crippen molar-refractivity contribution in [2.75, 3.05) is 6.61 Å². The van der Waals surface area contributed by atoms with Crippen molar-refractivity contribution in [2.24, 2.45) is 0 Å². The zero-order chi connectivity index (χ0) is 25.8. The molecule has 0 bridgehead atoms. The molecule has 0 saturated heterocycles. The van der Waals surface area contributed by atoms with Gasteiger partial charge in [-0.15, -0.1) is 0 Å². The van der Waals surface area contributed by atoms with E-state index in [0.717, 1.165) is 10.5 Å². The van der Waals surface area contributed by atoms with Crippen LogP contribution >= 0.6 is 11.6 Å². The Morgan fingerprint density at radius 2 is 1.50 bits per heavy atom. The predicted molar refractivity (Wildman–Crippen MR) is 129 cm³/mol. The second kappa shape index (κ2) is 10.4. The average Bonchev–Trinajstić information content (AvgIpc) is 3.15. The number of esters is 1. The topological polar surface area (TPSA) is 122 Å². The normalized spacial score (nSPS) is 13.1. The molecule has 1 heterocycles. The first-order chi connectivity index (χ1) is 17.3. The maximum Gasteiger partial charge on any atom is 0.338 e. The zero-order valence-corrected chi connectivity index (χ0v) is 19.7. The highest BCUT2D eigenvalue weighted by Gasteiger charge is 2.39. The summed E-state index contributed by atoms with van der Waals surface area (Å²) in [6.45, 7) is 1.07. The van der Waals surface area contributed by atoms with Crippen LogP contribution in [-0.4, -0.2) is 41.1 Å². The number of hydrazine groups is 1. The molecule has 0 saturated carbocycles. The van der Waals surface area contributed by atoms with Gasteiger partial charge in [-0.05, 0) is 55.0 Å². The van der Waals surface area contributed by atoms with Gasteiger partial charge in [-0.1, -0.05) is 41.9 Å². The van der Waals surface area contributed by atoms with E-state index < -0.39 is 42.2 Å². The second-order valence-electron chi connectivity index (χ2n) is 7.91. The fourth-order valence-corrected chi connectivity index (χ4v) is 3.80. The molecule has 9 nitrogen and oxygen atoms in total. The third-order valence-corrected chi connectivity index (χ3v) is 5.83. The number of carbonyl (C=O) groups excluding carboxylic acids is 5. The van der Waals surface area contributed by atoms with Crippen LogP contribution in [0.2, 0.25) is 5.02 Å². The van der Waals surface area contributed by atoms with E-state index in [1.54, 1.807) is 6.92 Å². The van der Waals surface area contributed by atoms with Crippen LogP contribution in [0, 0.1) is 0 Å². The Bertz CT molecular complexity index is 1360. The molecule has 1 aliphatic rings. The number of rotatable bonds is 6. The maximum absolute atomic E-state index is 13.0. The summed E-state index contributed by atoms with van der Waals surface area (Å²) >= 11 is 5.77. The highest BCUT2D eigenvalue weighted by Crippen LogP contribution is 2.31. The van der Waals surface area contributed by atoms with Crippen LogP contribution in [0.4, 0.5) is 0 Å². The molecular formula is C26H20ClN3O6. The first-order valence-electron chi connectivity index (χ1n) is 10.8. The van der Waals surface area contributed by atoms with Gasteiger partial charge in [0.05, 0.1) is 22.7 Å². The molecule has 0 fully saturated rings. The molecule has 1 atom stereocenters. The number of hydrogen-bond donors (Lipinski definition) is 2. The van der Waals surface area contributed by atoms with Gasteiger partial charge < -0.3 is 4.74 Å². The zero-order valence-electron chi connectivity index (χ0n) is 19.0. The fourth-order valence-electron chi connectivity index (χ4n) is 3.67. The summed E-state index contributed by atoms with van der Waals surface area (Å²) < 4.78 is 4.98. The lowest BCUT2D eigenvalue weighted by Crippen LogP contribution is -2.43. The van der Waals surface area contributed by atoms with Crippen LogP contribution in [-0.2, 0) is 9.53 Å². The molecule has 0 aromatic heterocycles. The maximum atomic E-state index is 13.0. The summed E-state index contributed by atoms with van der Waals surface area (Å²) in [5.41, 5.74) is 5.66. The predicted octanol–water partition coefficient (Wildman–Crippen LogP) is 3.32. The van der Waals surface area contributed by atoms with Gasteiger partial charge in [0, 0.05) is 10.6 Å². The molecule has 0 radical (unpaired) electrons. The van der Waals surface area contributed by atoms with Gasteiger partial charge >= 0.3 is 5.97 Å². The van der Waals surface area contributed by atoms with Crippen molar-refractivity contribution in [3.8, 4) is 0 Å². The number of imide groups is 1. The molecule has 1 aliphatic heterocycles. The minimum absolute atomic E-state index is 0.00196. The molecule has 3 aromatic carbocycles. The lowest BCUT2D eigenvalue weighted by Gasteiger charge is -2.22. The lowest BCUT2D eigenvalue weighted by atomic mass is 10.1. The summed E-state index contributed by atoms with van der Waals surface area (Å²) in [6, 6.07) is 18.6. The molecular weight excluding hydrogens is 486 g/mol. The van der Waals surface area contributed by atoms with E-state index in [9.17, 15) is 24.0 Å². The molecule has 4 amide bonds. The number of nitrogens with one attached hydrogen (secondary N) is 2. The number of hydrogen-bond acceptors (Lipinski definition) is 6. The van der Waals surface area contributed by atoms with E-state index in [-0.39, 0.29) is 22.3 Å². The van der Waals surface area contributed by atoms with Crippen molar-refractivity contribution in [2.45, 2.75) is 13.0 Å². The molecule has 0 unspecified atom stereocenters. The fraction of sp³-hybridized carbons (Fsp3) is 0.115. The first kappa shape index (κ1) is 24.6. The van der Waals surface area contributed by atoms with Crippen LogP contribution < -0.4 is 10.9 Å². The molecule has 0 aliphatic carbocycles. The van der Waals surface area contributed by atoms with Crippen molar-refractivity contribution in [3.05, 3.63) is 106 Å². The van der Waals surface area contributed by atoms with Gasteiger partial charge in [0.2, 0.25) is 0 Å². The monoisotopic (exact) mass is 505 g/mol. The molecule has 2 N–H and O–H groups in total. The Labute approximate surface area is 211 Å². The summed E-state index contributed by atoms with van der Waals surface area (Å²) in [7, 11) is 0. The van der Waals surface area contributed by atoms with E-state index >= 15 is 0 Å². The summed E-state index contributed by atoms with van der Waals surface area (Å²) in [6.07, 6.45) is 0. The Balaban J connectivity index is 1.35. The summed E-state index contributed by atoms with van der Waals surface area (Å²) in [5.74, 6) is -3.21. The number of carbonyl (C=O) groups is 5. The highest BCUT2D eigenvalue weighted by atomic mass is 35.5. The van der Waals surface area contributed by atoms with Gasteiger partial charge in [0.25, 0.3) is 23.6 Å². The van der Waals surface area contributed by atoms with Crippen molar-refractivity contribution >= 4 is 41.2 Å². The van der Waals surface area contributed by atoms with E-state index in [1.165, 1.54) is 42.5 Å². The van der Waals surface area contributed by atoms with E-state index in [2.05, 4.69) is 10.9 Å². The van der Waals surface area contributed by atoms with Gasteiger partial charge in [-0.3, -0.25) is 34.9 Å². The van der Waals surface area contributed by atoms with Gasteiger partial charge in [0.15, 0.2) is 6.61 Å². The Hall–Kier alpha value is -4.50. The Morgan fingerprint density at radius 1 is 0.861 bits per heavy atom. The van der Waals surface area contributed by atoms with E-state index in [0.29, 0.717) is 5.02 Å². The van der Waals surface area contributed by atoms with Crippen molar-refractivity contribution < 1.29 is 28.7 Å². The standard InChI is InChI=1S/C26H20ClN3O6/c1-15(16-5-3-2-4-6-16)30-24(33)20-12-9-18(13-21(20)25(30)34)26(35)36-14-22(31)28-29-23(32)17-7-10-19(27)11-8-17/h2-13,15H,14H2,1H3,(H,28,31)(H,29,32)/t15-/m0/s1. The minimum Gasteiger partial charge on any atom is -0.452 e. The third-order valence-electron chi connectivity index (χ3n) is 5.58. The van der Waals surface area contributed by atoms with Crippen LogP contribution in [0.3, 0.4) is 0 Å². The molecule has 4 rings (SSSR count).